The highest BCUT2D eigenvalue weighted by Gasteiger charge is 2.70. The molecule has 2 unspecified atom stereocenters. The van der Waals surface area contributed by atoms with E-state index in [1.807, 2.05) is 0 Å². The predicted molar refractivity (Wildman–Crippen MR) is 268 cm³/mol. The van der Waals surface area contributed by atoms with Crippen molar-refractivity contribution in [2.24, 2.45) is 45.3 Å². The van der Waals surface area contributed by atoms with Gasteiger partial charge >= 0.3 is 0 Å². The molecule has 4 aliphatic heterocycles. The average Bonchev–Trinajstić information content (AvgIpc) is 2.95. The summed E-state index contributed by atoms with van der Waals surface area (Å²) in [6.07, 6.45) is -26.2. The summed E-state index contributed by atoms with van der Waals surface area (Å²) in [5.74, 6) is 0.307. The highest BCUT2D eigenvalue weighted by molar-refractivity contribution is 5.32. The molecule has 0 aromatic rings. The molecule has 3 saturated carbocycles. The molecule has 0 bridgehead atoms. The van der Waals surface area contributed by atoms with Crippen LogP contribution in [-0.4, -0.2) is 255 Å². The Morgan fingerprint density at radius 2 is 1.04 bits per heavy atom. The summed E-state index contributed by atoms with van der Waals surface area (Å²) >= 11 is 0. The van der Waals surface area contributed by atoms with Crippen LogP contribution in [0.5, 0.6) is 0 Å². The van der Waals surface area contributed by atoms with Crippen molar-refractivity contribution in [1.82, 2.24) is 0 Å². The summed E-state index contributed by atoms with van der Waals surface area (Å²) in [5.41, 5.74) is -2.02. The molecule has 0 aromatic heterocycles. The van der Waals surface area contributed by atoms with E-state index < -0.39 is 184 Å². The molecule has 8 aliphatic rings. The first-order valence-corrected chi connectivity index (χ1v) is 28.0. The van der Waals surface area contributed by atoms with E-state index in [4.69, 9.17) is 37.9 Å². The molecule has 0 radical (unpaired) electrons. The van der Waals surface area contributed by atoms with E-state index in [0.29, 0.717) is 38.5 Å². The molecule has 24 nitrogen and oxygen atoms in total. The molecule has 78 heavy (non-hydrogen) atoms. The van der Waals surface area contributed by atoms with Crippen LogP contribution in [-0.2, 0) is 37.9 Å². The minimum absolute atomic E-state index is 0.0242. The summed E-state index contributed by atoms with van der Waals surface area (Å²) in [6.45, 7) is 13.9. The second-order valence-electron chi connectivity index (χ2n) is 25.9. The molecule has 4 heterocycles. The van der Waals surface area contributed by atoms with E-state index in [1.54, 1.807) is 13.8 Å². The minimum Gasteiger partial charge on any atom is -0.394 e. The molecule has 0 aromatic carbocycles. The van der Waals surface area contributed by atoms with Gasteiger partial charge in [-0.2, -0.15) is 0 Å². The lowest BCUT2D eigenvalue weighted by Gasteiger charge is -2.67. The van der Waals surface area contributed by atoms with Gasteiger partial charge in [0.25, 0.3) is 0 Å². The monoisotopic (exact) mass is 1120 g/mol. The molecule has 16 N–H and O–H groups in total. The van der Waals surface area contributed by atoms with Gasteiger partial charge in [0, 0.05) is 10.8 Å². The zero-order chi connectivity index (χ0) is 57.5. The molecule has 4 saturated heterocycles. The average molecular weight is 1130 g/mol. The van der Waals surface area contributed by atoms with Gasteiger partial charge < -0.3 is 120 Å². The quantitative estimate of drug-likeness (QED) is 0.0637. The topological polar surface area (TPSA) is 398 Å². The van der Waals surface area contributed by atoms with Crippen molar-refractivity contribution in [2.75, 3.05) is 26.4 Å². The van der Waals surface area contributed by atoms with E-state index in [1.165, 1.54) is 0 Å². The number of hydrogen-bond acceptors (Lipinski definition) is 24. The zero-order valence-corrected chi connectivity index (χ0v) is 46.1. The van der Waals surface area contributed by atoms with Crippen molar-refractivity contribution >= 4 is 0 Å². The highest BCUT2D eigenvalue weighted by Crippen LogP contribution is 2.75. The molecule has 30 atom stereocenters. The van der Waals surface area contributed by atoms with E-state index in [0.717, 1.165) is 18.4 Å². The van der Waals surface area contributed by atoms with Crippen LogP contribution in [0.3, 0.4) is 0 Å². The zero-order valence-electron chi connectivity index (χ0n) is 46.1. The lowest BCUT2D eigenvalue weighted by atomic mass is 9.38. The van der Waals surface area contributed by atoms with Crippen LogP contribution >= 0.6 is 0 Å². The maximum absolute atomic E-state index is 12.7. The second-order valence-corrected chi connectivity index (χ2v) is 25.9. The maximum Gasteiger partial charge on any atom is 0.187 e. The Morgan fingerprint density at radius 3 is 1.54 bits per heavy atom. The number of rotatable bonds is 17. The SMILES string of the molecule is C[C@H](CC[C@@H](O[C@@H]1O[C@H](COC2O[C@H](CO)[C@@H](O)[C@H](O)[C@H]2O)[C@@H](O)[C@H](O)[C@H]1O)C(C)(C)O)[C@H]1CC[C@@]2(C)[C@@H]3CC=C4[C@@H](CC[C@H](O[C@@H]5O[C@H](COC6O[C@H](CO)[C@@H](O)[C@H](O)[C@H]6O)[C@@H](O)[C@H](O)[C@H]5O)C4(C)C)[C@]3(C)[C@H](O)C[C@]12C. The van der Waals surface area contributed by atoms with Crippen LogP contribution in [0.2, 0.25) is 0 Å². The summed E-state index contributed by atoms with van der Waals surface area (Å²) in [4.78, 5) is 0. The van der Waals surface area contributed by atoms with Gasteiger partial charge in [-0.1, -0.05) is 53.2 Å². The molecule has 0 amide bonds. The molecule has 8 rings (SSSR count). The Labute approximate surface area is 455 Å². The van der Waals surface area contributed by atoms with Crippen molar-refractivity contribution in [1.29, 1.82) is 0 Å². The van der Waals surface area contributed by atoms with Gasteiger partial charge in [0.15, 0.2) is 25.2 Å². The fourth-order valence-electron chi connectivity index (χ4n) is 15.5. The number of ether oxygens (including phenoxy) is 8. The maximum atomic E-state index is 12.7. The molecule has 7 fully saturated rings. The lowest BCUT2D eigenvalue weighted by molar-refractivity contribution is -0.341. The summed E-state index contributed by atoms with van der Waals surface area (Å²) in [7, 11) is 0. The van der Waals surface area contributed by atoms with Crippen molar-refractivity contribution in [3.63, 3.8) is 0 Å². The van der Waals surface area contributed by atoms with Crippen LogP contribution in [0.1, 0.15) is 107 Å². The largest absolute Gasteiger partial charge is 0.394 e. The lowest BCUT2D eigenvalue weighted by Crippen LogP contribution is -2.65. The molecule has 4 aliphatic carbocycles. The van der Waals surface area contributed by atoms with Crippen LogP contribution in [0, 0.1) is 45.3 Å². The summed E-state index contributed by atoms with van der Waals surface area (Å²) < 4.78 is 46.9. The van der Waals surface area contributed by atoms with E-state index in [9.17, 15) is 81.7 Å². The fraction of sp³-hybridized carbons (Fsp3) is 0.963. The summed E-state index contributed by atoms with van der Waals surface area (Å²) in [5, 5.41) is 171. The van der Waals surface area contributed by atoms with E-state index in [2.05, 4.69) is 47.6 Å². The first-order valence-electron chi connectivity index (χ1n) is 28.0. The first kappa shape index (κ1) is 62.8. The molecule has 24 heteroatoms. The number of fused-ring (bicyclic) bond motifs is 5. The van der Waals surface area contributed by atoms with Gasteiger partial charge in [-0.05, 0) is 99.7 Å². The molecule has 0 spiro atoms. The Kier molecular flexibility index (Phi) is 19.1. The van der Waals surface area contributed by atoms with Gasteiger partial charge in [0.1, 0.15) is 97.7 Å². The van der Waals surface area contributed by atoms with Crippen molar-refractivity contribution in [2.45, 2.75) is 253 Å². The first-order chi connectivity index (χ1) is 36.4. The van der Waals surface area contributed by atoms with E-state index in [-0.39, 0.29) is 34.5 Å². The highest BCUT2D eigenvalue weighted by atomic mass is 16.7. The van der Waals surface area contributed by atoms with Crippen molar-refractivity contribution < 1.29 is 120 Å². The smallest absolute Gasteiger partial charge is 0.187 e. The standard InChI is InChI=1S/C54H92O24/c1-22(9-13-33(51(4,5)70)78-49-45(69)41(65)37(61)29(76-49)21-72-47-43(67)39(63)35(59)27(19-56)74-47)23-15-16-52(6)30-12-10-24-25(54(30,8)31(57)17-53(23,52)7)11-14-32(50(24,2)3)77-48-44(68)40(64)36(60)28(75-48)20-71-46-42(66)38(62)34(58)26(18-55)73-46/h10,22-23,25-49,55-70H,9,11-21H2,1-8H3/t22-,23-,25-,26-,27-,28-,29-,30+,31-,32+,33-,34-,35-,36-,37-,38+,39+,40+,41+,42-,43-,44-,45-,46?,47?,48+,49+,52+,53-,54+/m1/s1. The summed E-state index contributed by atoms with van der Waals surface area (Å²) in [6, 6.07) is 0. The second kappa shape index (κ2) is 23.7. The Balaban J connectivity index is 0.909. The Hall–Kier alpha value is -1.22. The molecular formula is C54H92O24. The van der Waals surface area contributed by atoms with Crippen LogP contribution in [0.25, 0.3) is 0 Å². The van der Waals surface area contributed by atoms with Crippen molar-refractivity contribution in [3.05, 3.63) is 11.6 Å². The van der Waals surface area contributed by atoms with Crippen LogP contribution in [0.4, 0.5) is 0 Å². The van der Waals surface area contributed by atoms with E-state index >= 15 is 0 Å². The number of aliphatic hydroxyl groups is 16. The third-order valence-corrected chi connectivity index (χ3v) is 20.8. The number of aliphatic hydroxyl groups excluding tert-OH is 15. The van der Waals surface area contributed by atoms with Crippen LogP contribution in [0.15, 0.2) is 11.6 Å². The molecular weight excluding hydrogens is 1030 g/mol. The molecule has 452 valence electrons. The Morgan fingerprint density at radius 1 is 0.577 bits per heavy atom. The minimum atomic E-state index is -1.77. The van der Waals surface area contributed by atoms with Gasteiger partial charge in [-0.25, -0.2) is 0 Å². The third-order valence-electron chi connectivity index (χ3n) is 20.8. The van der Waals surface area contributed by atoms with Gasteiger partial charge in [0.05, 0.1) is 50.3 Å². The fourth-order valence-corrected chi connectivity index (χ4v) is 15.5. The van der Waals surface area contributed by atoms with Gasteiger partial charge in [-0.3, -0.25) is 0 Å². The predicted octanol–water partition coefficient (Wildman–Crippen LogP) is -3.23. The normalized spacial score (nSPS) is 51.4. The third kappa shape index (κ3) is 11.1. The van der Waals surface area contributed by atoms with Gasteiger partial charge in [-0.15, -0.1) is 0 Å². The van der Waals surface area contributed by atoms with Crippen molar-refractivity contribution in [3.8, 4) is 0 Å². The Bertz CT molecular complexity index is 2030. The number of hydrogen-bond donors (Lipinski definition) is 16. The van der Waals surface area contributed by atoms with Gasteiger partial charge in [0.2, 0.25) is 0 Å². The number of allylic oxidation sites excluding steroid dienone is 1. The van der Waals surface area contributed by atoms with Crippen LogP contribution < -0.4 is 0 Å².